The molecule has 1 amide bonds. The van der Waals surface area contributed by atoms with Crippen LogP contribution in [0.5, 0.6) is 5.75 Å². The lowest BCUT2D eigenvalue weighted by Crippen LogP contribution is -2.18. The van der Waals surface area contributed by atoms with Crippen molar-refractivity contribution in [3.63, 3.8) is 0 Å². The van der Waals surface area contributed by atoms with E-state index in [1.807, 2.05) is 0 Å². The van der Waals surface area contributed by atoms with Crippen LogP contribution >= 0.6 is 0 Å². The van der Waals surface area contributed by atoms with Gasteiger partial charge < -0.3 is 10.5 Å². The molecule has 1 aromatic carbocycles. The van der Waals surface area contributed by atoms with E-state index >= 15 is 0 Å². The molecule has 0 atom stereocenters. The predicted octanol–water partition coefficient (Wildman–Crippen LogP) is 6.10. The van der Waals surface area contributed by atoms with Gasteiger partial charge in [-0.2, -0.15) is 13.2 Å². The Balaban J connectivity index is 2.26. The van der Waals surface area contributed by atoms with E-state index in [9.17, 15) is 18.0 Å². The third-order valence-electron chi connectivity index (χ3n) is 4.33. The summed E-state index contributed by atoms with van der Waals surface area (Å²) in [5, 5.41) is 0. The maximum Gasteiger partial charge on any atom is 0.417 e. The number of halogens is 3. The van der Waals surface area contributed by atoms with Crippen molar-refractivity contribution >= 4 is 5.91 Å². The van der Waals surface area contributed by atoms with Gasteiger partial charge in [-0.25, -0.2) is 0 Å². The van der Waals surface area contributed by atoms with Gasteiger partial charge in [0.05, 0.1) is 17.7 Å². The number of carbonyl (C=O) groups excluding carboxylic acids is 1. The number of nitrogens with two attached hydrogens (primary N) is 1. The van der Waals surface area contributed by atoms with Crippen molar-refractivity contribution in [3.8, 4) is 5.75 Å². The Morgan fingerprint density at radius 2 is 1.50 bits per heavy atom. The summed E-state index contributed by atoms with van der Waals surface area (Å²) in [6.07, 6.45) is 7.19. The molecule has 148 valence electrons. The molecule has 0 aliphatic heterocycles. The Morgan fingerprint density at radius 1 is 0.962 bits per heavy atom. The highest BCUT2D eigenvalue weighted by atomic mass is 19.4. The minimum Gasteiger partial charge on any atom is -0.494 e. The molecule has 0 aromatic heterocycles. The van der Waals surface area contributed by atoms with Crippen LogP contribution in [0.4, 0.5) is 13.2 Å². The number of hydrogen-bond donors (Lipinski definition) is 1. The fourth-order valence-corrected chi connectivity index (χ4v) is 2.84. The van der Waals surface area contributed by atoms with Crippen LogP contribution in [0.2, 0.25) is 0 Å². The van der Waals surface area contributed by atoms with Gasteiger partial charge in [0.15, 0.2) is 0 Å². The van der Waals surface area contributed by atoms with E-state index < -0.39 is 23.2 Å². The summed E-state index contributed by atoms with van der Waals surface area (Å²) in [5.41, 5.74) is 3.41. The third-order valence-corrected chi connectivity index (χ3v) is 4.33. The lowest BCUT2D eigenvalue weighted by molar-refractivity contribution is -0.138. The molecule has 0 aliphatic carbocycles. The molecule has 2 N–H and O–H groups in total. The molecule has 0 spiro atoms. The number of hydrogen-bond acceptors (Lipinski definition) is 2. The second kappa shape index (κ2) is 11.8. The first-order valence-electron chi connectivity index (χ1n) is 9.50. The van der Waals surface area contributed by atoms with Crippen LogP contribution in [0.15, 0.2) is 18.2 Å². The van der Waals surface area contributed by atoms with Gasteiger partial charge in [-0.15, -0.1) is 0 Å². The Kier molecular flexibility index (Phi) is 10.1. The minimum atomic E-state index is -4.64. The Morgan fingerprint density at radius 3 is 2.00 bits per heavy atom. The number of alkyl halides is 3. The maximum atomic E-state index is 13.0. The molecular weight excluding hydrogens is 343 g/mol. The molecule has 0 bridgehead atoms. The van der Waals surface area contributed by atoms with Crippen LogP contribution in [0.25, 0.3) is 0 Å². The summed E-state index contributed by atoms with van der Waals surface area (Å²) >= 11 is 0. The summed E-state index contributed by atoms with van der Waals surface area (Å²) in [6.45, 7) is 2.57. The van der Waals surface area contributed by atoms with Crippen molar-refractivity contribution in [1.82, 2.24) is 0 Å². The average molecular weight is 373 g/mol. The zero-order chi connectivity index (χ0) is 19.4. The highest BCUT2D eigenvalue weighted by Gasteiger charge is 2.35. The van der Waals surface area contributed by atoms with E-state index in [4.69, 9.17) is 10.5 Å². The van der Waals surface area contributed by atoms with Crippen LogP contribution in [0, 0.1) is 0 Å². The van der Waals surface area contributed by atoms with Gasteiger partial charge in [-0.3, -0.25) is 4.79 Å². The lowest BCUT2D eigenvalue weighted by Gasteiger charge is -2.13. The number of benzene rings is 1. The van der Waals surface area contributed by atoms with E-state index in [-0.39, 0.29) is 5.75 Å². The maximum absolute atomic E-state index is 13.0. The van der Waals surface area contributed by atoms with Crippen LogP contribution in [0.3, 0.4) is 0 Å². The summed E-state index contributed by atoms with van der Waals surface area (Å²) in [7, 11) is 0. The van der Waals surface area contributed by atoms with Crippen molar-refractivity contribution in [2.75, 3.05) is 6.61 Å². The first-order chi connectivity index (χ1) is 12.4. The number of primary amides is 1. The first kappa shape index (κ1) is 22.3. The standard InChI is InChI=1S/C20H30F3NO2/c1-2-3-4-5-6-7-8-9-10-11-14-26-16-12-13-17(19(24)25)18(15-16)20(21,22)23/h12-13,15H,2-11,14H2,1H3,(H2,24,25). The molecule has 0 heterocycles. The summed E-state index contributed by atoms with van der Waals surface area (Å²) in [6, 6.07) is 3.26. The van der Waals surface area contributed by atoms with Gasteiger partial charge in [0.25, 0.3) is 0 Å². The van der Waals surface area contributed by atoms with E-state index in [0.29, 0.717) is 6.61 Å². The molecule has 0 radical (unpaired) electrons. The molecule has 3 nitrogen and oxygen atoms in total. The van der Waals surface area contributed by atoms with Crippen LogP contribution in [-0.2, 0) is 6.18 Å². The number of ether oxygens (including phenoxy) is 1. The van der Waals surface area contributed by atoms with Crippen molar-refractivity contribution in [2.45, 2.75) is 77.3 Å². The van der Waals surface area contributed by atoms with E-state index in [1.165, 1.54) is 51.0 Å². The van der Waals surface area contributed by atoms with Crippen molar-refractivity contribution in [3.05, 3.63) is 29.3 Å². The smallest absolute Gasteiger partial charge is 0.417 e. The normalized spacial score (nSPS) is 11.5. The monoisotopic (exact) mass is 373 g/mol. The zero-order valence-corrected chi connectivity index (χ0v) is 15.5. The largest absolute Gasteiger partial charge is 0.494 e. The molecule has 1 rings (SSSR count). The van der Waals surface area contributed by atoms with E-state index in [1.54, 1.807) is 0 Å². The molecule has 6 heteroatoms. The summed E-state index contributed by atoms with van der Waals surface area (Å²) in [4.78, 5) is 11.1. The van der Waals surface area contributed by atoms with Gasteiger partial charge in [0.2, 0.25) is 5.91 Å². The minimum absolute atomic E-state index is 0.109. The van der Waals surface area contributed by atoms with Crippen LogP contribution < -0.4 is 10.5 Å². The van der Waals surface area contributed by atoms with Crippen molar-refractivity contribution in [2.24, 2.45) is 5.73 Å². The van der Waals surface area contributed by atoms with E-state index in [2.05, 4.69) is 6.92 Å². The van der Waals surface area contributed by atoms with Gasteiger partial charge in [0, 0.05) is 0 Å². The van der Waals surface area contributed by atoms with Crippen LogP contribution in [-0.4, -0.2) is 12.5 Å². The van der Waals surface area contributed by atoms with Gasteiger partial charge >= 0.3 is 6.18 Å². The SMILES string of the molecule is CCCCCCCCCCCCOc1ccc(C(N)=O)c(C(F)(F)F)c1. The molecule has 26 heavy (non-hydrogen) atoms. The molecule has 0 fully saturated rings. The highest BCUT2D eigenvalue weighted by molar-refractivity contribution is 5.94. The quantitative estimate of drug-likeness (QED) is 0.425. The summed E-state index contributed by atoms with van der Waals surface area (Å²) in [5.74, 6) is -0.989. The van der Waals surface area contributed by atoms with E-state index in [0.717, 1.165) is 31.4 Å². The molecule has 1 aromatic rings. The molecular formula is C20H30F3NO2. The van der Waals surface area contributed by atoms with Gasteiger partial charge in [-0.1, -0.05) is 64.7 Å². The summed E-state index contributed by atoms with van der Waals surface area (Å²) < 4.78 is 44.3. The molecule has 0 saturated heterocycles. The number of unbranched alkanes of at least 4 members (excludes halogenated alkanes) is 9. The Hall–Kier alpha value is -1.72. The van der Waals surface area contributed by atoms with Crippen molar-refractivity contribution < 1.29 is 22.7 Å². The Labute approximate surface area is 154 Å². The van der Waals surface area contributed by atoms with Gasteiger partial charge in [0.1, 0.15) is 5.75 Å². The predicted molar refractivity (Wildman–Crippen MR) is 97.3 cm³/mol. The second-order valence-corrected chi connectivity index (χ2v) is 6.60. The third kappa shape index (κ3) is 8.59. The zero-order valence-electron chi connectivity index (χ0n) is 15.5. The highest BCUT2D eigenvalue weighted by Crippen LogP contribution is 2.34. The average Bonchev–Trinajstić information content (AvgIpc) is 2.58. The molecule has 0 aliphatic rings. The fourth-order valence-electron chi connectivity index (χ4n) is 2.84. The topological polar surface area (TPSA) is 52.3 Å². The lowest BCUT2D eigenvalue weighted by atomic mass is 10.1. The Bertz CT molecular complexity index is 544. The number of carbonyl (C=O) groups is 1. The molecule has 0 saturated carbocycles. The number of rotatable bonds is 13. The second-order valence-electron chi connectivity index (χ2n) is 6.60. The van der Waals surface area contributed by atoms with Gasteiger partial charge in [-0.05, 0) is 24.6 Å². The first-order valence-corrected chi connectivity index (χ1v) is 9.50. The number of amides is 1. The van der Waals surface area contributed by atoms with Crippen LogP contribution in [0.1, 0.15) is 87.1 Å². The molecule has 0 unspecified atom stereocenters. The fraction of sp³-hybridized carbons (Fsp3) is 0.650. The van der Waals surface area contributed by atoms with Crippen molar-refractivity contribution in [1.29, 1.82) is 0 Å².